The Bertz CT molecular complexity index is 613. The Balaban J connectivity index is 0.00000264. The number of likely N-dealkylation sites (N-methyl/N-ethyl adjacent to an activating group) is 2. The minimum atomic E-state index is -3.42. The number of carbonyl (C=O) groups is 1. The molecule has 6 nitrogen and oxygen atoms in total. The van der Waals surface area contributed by atoms with E-state index >= 15 is 0 Å². The zero-order chi connectivity index (χ0) is 16.2. The maximum Gasteiger partial charge on any atom is 0.253 e. The predicted molar refractivity (Wildman–Crippen MR) is 92.6 cm³/mol. The predicted octanol–water partition coefficient (Wildman–Crippen LogP) is 1.18. The van der Waals surface area contributed by atoms with E-state index in [2.05, 4.69) is 5.32 Å². The first-order valence-corrected chi connectivity index (χ1v) is 8.91. The minimum absolute atomic E-state index is 0. The lowest BCUT2D eigenvalue weighted by molar-refractivity contribution is 0.0796. The van der Waals surface area contributed by atoms with Gasteiger partial charge in [0.2, 0.25) is 10.0 Å². The van der Waals surface area contributed by atoms with Gasteiger partial charge in [-0.3, -0.25) is 4.79 Å². The van der Waals surface area contributed by atoms with Gasteiger partial charge in [-0.25, -0.2) is 8.42 Å². The van der Waals surface area contributed by atoms with Gasteiger partial charge in [0.15, 0.2) is 0 Å². The van der Waals surface area contributed by atoms with Crippen molar-refractivity contribution in [2.75, 3.05) is 40.3 Å². The van der Waals surface area contributed by atoms with Crippen LogP contribution < -0.4 is 5.32 Å². The smallest absolute Gasteiger partial charge is 0.253 e. The molecule has 1 amide bonds. The number of nitrogens with zero attached hydrogens (tertiary/aromatic N) is 2. The van der Waals surface area contributed by atoms with Crippen molar-refractivity contribution < 1.29 is 13.2 Å². The van der Waals surface area contributed by atoms with Crippen LogP contribution in [0.4, 0.5) is 0 Å². The van der Waals surface area contributed by atoms with Crippen molar-refractivity contribution in [3.05, 3.63) is 29.8 Å². The largest absolute Gasteiger partial charge is 0.340 e. The number of hydrogen-bond donors (Lipinski definition) is 1. The molecule has 8 heteroatoms. The number of rotatable bonds is 6. The van der Waals surface area contributed by atoms with Gasteiger partial charge < -0.3 is 10.2 Å². The number of sulfonamides is 1. The molecule has 1 aliphatic heterocycles. The van der Waals surface area contributed by atoms with Crippen LogP contribution in [0.2, 0.25) is 0 Å². The highest BCUT2D eigenvalue weighted by atomic mass is 35.5. The van der Waals surface area contributed by atoms with Crippen molar-refractivity contribution in [2.45, 2.75) is 17.7 Å². The maximum atomic E-state index is 12.4. The van der Waals surface area contributed by atoms with Gasteiger partial charge in [0, 0.05) is 38.8 Å². The third kappa shape index (κ3) is 4.67. The Morgan fingerprint density at radius 2 is 1.78 bits per heavy atom. The summed E-state index contributed by atoms with van der Waals surface area (Å²) in [6, 6.07) is 6.21. The van der Waals surface area contributed by atoms with E-state index in [4.69, 9.17) is 0 Å². The molecule has 1 saturated heterocycles. The van der Waals surface area contributed by atoms with Crippen molar-refractivity contribution in [3.8, 4) is 0 Å². The topological polar surface area (TPSA) is 69.7 Å². The summed E-state index contributed by atoms with van der Waals surface area (Å²) in [5, 5.41) is 2.99. The summed E-state index contributed by atoms with van der Waals surface area (Å²) < 4.78 is 26.3. The van der Waals surface area contributed by atoms with Crippen LogP contribution in [0.5, 0.6) is 0 Å². The van der Waals surface area contributed by atoms with E-state index in [1.807, 2.05) is 7.05 Å². The fraction of sp³-hybridized carbons (Fsp3) is 0.533. The summed E-state index contributed by atoms with van der Waals surface area (Å²) in [6.45, 7) is 2.47. The highest BCUT2D eigenvalue weighted by Crippen LogP contribution is 2.21. The van der Waals surface area contributed by atoms with Crippen molar-refractivity contribution in [3.63, 3.8) is 0 Å². The van der Waals surface area contributed by atoms with Crippen molar-refractivity contribution in [2.24, 2.45) is 0 Å². The standard InChI is InChI=1S/C15H23N3O3S.ClH/c1-16-9-12-17(2)15(19)13-5-7-14(8-6-13)22(20,21)18-10-3-4-11-18;/h5-8,16H,3-4,9-12H2,1-2H3;1H. The van der Waals surface area contributed by atoms with Crippen LogP contribution in [0.15, 0.2) is 29.2 Å². The first-order valence-electron chi connectivity index (χ1n) is 7.47. The molecule has 0 unspecified atom stereocenters. The molecule has 0 saturated carbocycles. The van der Waals surface area contributed by atoms with E-state index in [-0.39, 0.29) is 23.2 Å². The number of benzene rings is 1. The van der Waals surface area contributed by atoms with Crippen LogP contribution in [-0.4, -0.2) is 63.8 Å². The third-order valence-electron chi connectivity index (χ3n) is 3.85. The fourth-order valence-electron chi connectivity index (χ4n) is 2.45. The first-order chi connectivity index (χ1) is 10.5. The normalized spacial score (nSPS) is 15.2. The van der Waals surface area contributed by atoms with Crippen LogP contribution in [0.1, 0.15) is 23.2 Å². The van der Waals surface area contributed by atoms with E-state index in [1.165, 1.54) is 16.4 Å². The first kappa shape index (κ1) is 19.9. The van der Waals surface area contributed by atoms with Gasteiger partial charge in [-0.2, -0.15) is 4.31 Å². The van der Waals surface area contributed by atoms with E-state index in [1.54, 1.807) is 24.1 Å². The van der Waals surface area contributed by atoms with Gasteiger partial charge in [-0.1, -0.05) is 0 Å². The quantitative estimate of drug-likeness (QED) is 0.826. The van der Waals surface area contributed by atoms with Gasteiger partial charge in [-0.05, 0) is 44.2 Å². The Hall–Kier alpha value is -1.15. The number of halogens is 1. The minimum Gasteiger partial charge on any atom is -0.340 e. The van der Waals surface area contributed by atoms with Crippen molar-refractivity contribution in [1.29, 1.82) is 0 Å². The van der Waals surface area contributed by atoms with Gasteiger partial charge >= 0.3 is 0 Å². The molecule has 2 rings (SSSR count). The molecule has 1 aromatic rings. The van der Waals surface area contributed by atoms with Crippen molar-refractivity contribution >= 4 is 28.3 Å². The molecule has 23 heavy (non-hydrogen) atoms. The van der Waals surface area contributed by atoms with Crippen molar-refractivity contribution in [1.82, 2.24) is 14.5 Å². The maximum absolute atomic E-state index is 12.4. The second-order valence-electron chi connectivity index (χ2n) is 5.47. The molecule has 0 spiro atoms. The van der Waals surface area contributed by atoms with Gasteiger partial charge in [0.1, 0.15) is 0 Å². The molecule has 130 valence electrons. The lowest BCUT2D eigenvalue weighted by Crippen LogP contribution is -2.32. The molecule has 1 fully saturated rings. The van der Waals surface area contributed by atoms with Crippen LogP contribution in [0.3, 0.4) is 0 Å². The Morgan fingerprint density at radius 3 is 2.30 bits per heavy atom. The summed E-state index contributed by atoms with van der Waals surface area (Å²) in [5.41, 5.74) is 0.499. The number of nitrogens with one attached hydrogen (secondary N) is 1. The van der Waals surface area contributed by atoms with Crippen LogP contribution in [0, 0.1) is 0 Å². The summed E-state index contributed by atoms with van der Waals surface area (Å²) in [6.07, 6.45) is 1.82. The molecular formula is C15H24ClN3O3S. The highest BCUT2D eigenvalue weighted by Gasteiger charge is 2.27. The van der Waals surface area contributed by atoms with Crippen LogP contribution in [0.25, 0.3) is 0 Å². The van der Waals surface area contributed by atoms with E-state index in [0.29, 0.717) is 31.7 Å². The third-order valence-corrected chi connectivity index (χ3v) is 5.76. The van der Waals surface area contributed by atoms with E-state index in [0.717, 1.165) is 12.8 Å². The van der Waals surface area contributed by atoms with E-state index in [9.17, 15) is 13.2 Å². The SMILES string of the molecule is CNCCN(C)C(=O)c1ccc(S(=O)(=O)N2CCCC2)cc1.Cl. The molecule has 0 aliphatic carbocycles. The number of carbonyl (C=O) groups excluding carboxylic acids is 1. The molecule has 0 bridgehead atoms. The molecule has 1 aromatic carbocycles. The van der Waals surface area contributed by atoms with Gasteiger partial charge in [0.05, 0.1) is 4.90 Å². The van der Waals surface area contributed by atoms with Gasteiger partial charge in [0.25, 0.3) is 5.91 Å². The summed E-state index contributed by atoms with van der Waals surface area (Å²) in [4.78, 5) is 14.1. The Morgan fingerprint density at radius 1 is 1.22 bits per heavy atom. The molecular weight excluding hydrogens is 338 g/mol. The monoisotopic (exact) mass is 361 g/mol. The second kappa shape index (κ2) is 8.63. The fourth-order valence-corrected chi connectivity index (χ4v) is 3.97. The molecule has 1 aliphatic rings. The van der Waals surface area contributed by atoms with Crippen LogP contribution >= 0.6 is 12.4 Å². The zero-order valence-electron chi connectivity index (χ0n) is 13.5. The Labute approximate surface area is 144 Å². The zero-order valence-corrected chi connectivity index (χ0v) is 15.1. The summed E-state index contributed by atoms with van der Waals surface area (Å²) in [5.74, 6) is -0.111. The lowest BCUT2D eigenvalue weighted by atomic mass is 10.2. The summed E-state index contributed by atoms with van der Waals surface area (Å²) in [7, 11) is 0.143. The number of amides is 1. The average molecular weight is 362 g/mol. The molecule has 1 heterocycles. The highest BCUT2D eigenvalue weighted by molar-refractivity contribution is 7.89. The van der Waals surface area contributed by atoms with Crippen LogP contribution in [-0.2, 0) is 10.0 Å². The van der Waals surface area contributed by atoms with Gasteiger partial charge in [-0.15, -0.1) is 12.4 Å². The average Bonchev–Trinajstić information content (AvgIpc) is 3.07. The molecule has 0 radical (unpaired) electrons. The molecule has 0 atom stereocenters. The molecule has 1 N–H and O–H groups in total. The summed E-state index contributed by atoms with van der Waals surface area (Å²) >= 11 is 0. The lowest BCUT2D eigenvalue weighted by Gasteiger charge is -2.18. The number of hydrogen-bond acceptors (Lipinski definition) is 4. The Kier molecular flexibility index (Phi) is 7.47. The second-order valence-corrected chi connectivity index (χ2v) is 7.40. The molecule has 0 aromatic heterocycles. The van der Waals surface area contributed by atoms with E-state index < -0.39 is 10.0 Å².